The Kier molecular flexibility index (Phi) is 6.50. The van der Waals surface area contributed by atoms with Gasteiger partial charge in [-0.3, -0.25) is 4.99 Å². The molecule has 0 radical (unpaired) electrons. The average molecular weight is 400 g/mol. The van der Waals surface area contributed by atoms with Crippen LogP contribution in [0.4, 0.5) is 5.69 Å². The van der Waals surface area contributed by atoms with Gasteiger partial charge in [-0.2, -0.15) is 5.69 Å². The third-order valence-electron chi connectivity index (χ3n) is 2.90. The van der Waals surface area contributed by atoms with Gasteiger partial charge in [0.2, 0.25) is 0 Å². The van der Waals surface area contributed by atoms with E-state index in [1.54, 1.807) is 0 Å². The summed E-state index contributed by atoms with van der Waals surface area (Å²) in [6.45, 7) is 1.98. The molecule has 0 aliphatic carbocycles. The zero-order chi connectivity index (χ0) is 15.1. The van der Waals surface area contributed by atoms with E-state index in [0.717, 1.165) is 17.1 Å². The fourth-order valence-corrected chi connectivity index (χ4v) is 2.01. The molecule has 108 valence electrons. The minimum atomic E-state index is -0.586. The van der Waals surface area contributed by atoms with Crippen LogP contribution in [-0.2, 0) is 16.5 Å². The number of aryl methyl sites for hydroxylation is 1. The molecule has 0 spiro atoms. The van der Waals surface area contributed by atoms with E-state index in [1.807, 2.05) is 49.5 Å². The fraction of sp³-hybridized carbons (Fsp3) is 0.0625. The van der Waals surface area contributed by atoms with Gasteiger partial charge < -0.3 is 4.98 Å². The second kappa shape index (κ2) is 8.38. The number of hydrogen-bond donors (Lipinski definition) is 0. The molecule has 2 nitrogen and oxygen atoms in total. The van der Waals surface area contributed by atoms with Crippen molar-refractivity contribution in [3.05, 3.63) is 66.0 Å². The van der Waals surface area contributed by atoms with Crippen LogP contribution in [0.1, 0.15) is 11.4 Å². The first kappa shape index (κ1) is 16.3. The Morgan fingerprint density at radius 1 is 1.00 bits per heavy atom. The van der Waals surface area contributed by atoms with Crippen molar-refractivity contribution in [2.75, 3.05) is 0 Å². The van der Waals surface area contributed by atoms with E-state index in [2.05, 4.69) is 28.2 Å². The van der Waals surface area contributed by atoms with Gasteiger partial charge in [0.05, 0.1) is 5.69 Å². The van der Waals surface area contributed by atoms with Gasteiger partial charge in [-0.1, -0.05) is 55.5 Å². The molecule has 0 saturated heterocycles. The molecule has 0 atom stereocenters. The zero-order valence-electron chi connectivity index (χ0n) is 11.3. The molecule has 0 bridgehead atoms. The van der Waals surface area contributed by atoms with Crippen molar-refractivity contribution in [3.63, 3.8) is 0 Å². The Bertz CT molecular complexity index is 732. The molecule has 21 heavy (non-hydrogen) atoms. The topological polar surface area (TPSA) is 26.5 Å². The Morgan fingerprint density at radius 3 is 2.43 bits per heavy atom. The summed E-state index contributed by atoms with van der Waals surface area (Å²) < 4.78 is 0. The zero-order valence-corrected chi connectivity index (χ0v) is 14.9. The Balaban J connectivity index is 0.000000497. The van der Waals surface area contributed by atoms with Crippen LogP contribution in [0.15, 0.2) is 59.6 Å². The first-order chi connectivity index (χ1) is 10.2. The maximum atomic E-state index is 4.89. The van der Waals surface area contributed by atoms with Gasteiger partial charge in [-0.25, -0.2) is 0 Å². The molecule has 5 heteroatoms. The minimum absolute atomic E-state index is 0.586. The van der Waals surface area contributed by atoms with Crippen LogP contribution in [0.25, 0.3) is 10.8 Å². The monoisotopic (exact) mass is 401 g/mol. The summed E-state index contributed by atoms with van der Waals surface area (Å²) in [6.07, 6.45) is 1.81. The average Bonchev–Trinajstić information content (AvgIpc) is 2.91. The van der Waals surface area contributed by atoms with Gasteiger partial charge in [0.15, 0.2) is 0 Å². The Morgan fingerprint density at radius 2 is 1.71 bits per heavy atom. The predicted molar refractivity (Wildman–Crippen MR) is 87.4 cm³/mol. The van der Waals surface area contributed by atoms with Gasteiger partial charge in [0, 0.05) is 11.6 Å². The normalized spacial score (nSPS) is 10.6. The molecule has 3 rings (SSSR count). The van der Waals surface area contributed by atoms with Crippen LogP contribution in [0.5, 0.6) is 0 Å². The SMILES string of the molecule is Cc1ccc(C=Nc2cccc3ccccc23)[n-]1.[Cl][Mo][Cl]. The van der Waals surface area contributed by atoms with Gasteiger partial charge in [-0.05, 0) is 11.5 Å². The molecule has 0 aliphatic heterocycles. The summed E-state index contributed by atoms with van der Waals surface area (Å²) in [5, 5.41) is 2.37. The molecule has 0 unspecified atom stereocenters. The van der Waals surface area contributed by atoms with Crippen LogP contribution < -0.4 is 4.98 Å². The van der Waals surface area contributed by atoms with Gasteiger partial charge >= 0.3 is 35.3 Å². The molecule has 1 aromatic heterocycles. The van der Waals surface area contributed by atoms with Crippen LogP contribution in [-0.4, -0.2) is 6.21 Å². The molecule has 0 aliphatic rings. The fourth-order valence-electron chi connectivity index (χ4n) is 2.01. The number of aromatic nitrogens is 1. The summed E-state index contributed by atoms with van der Waals surface area (Å²) in [6, 6.07) is 18.4. The third-order valence-corrected chi connectivity index (χ3v) is 2.90. The van der Waals surface area contributed by atoms with Gasteiger partial charge in [0.1, 0.15) is 0 Å². The maximum absolute atomic E-state index is 4.89. The summed E-state index contributed by atoms with van der Waals surface area (Å²) in [5.41, 5.74) is 2.91. The van der Waals surface area contributed by atoms with Crippen LogP contribution in [0.2, 0.25) is 0 Å². The standard InChI is InChI=1S/C16H13N2.2ClH.Mo/c1-12-9-10-14(18-12)11-17-16-8-4-6-13-5-2-3-7-15(13)16;;;/h2-11H,1H3;2*1H;/q-1;;;+2/p-2. The van der Waals surface area contributed by atoms with Crippen molar-refractivity contribution in [2.24, 2.45) is 4.99 Å². The molecule has 3 aromatic rings. The molecular formula is C16H13Cl2MoN2-. The molecule has 0 amide bonds. The van der Waals surface area contributed by atoms with E-state index in [-0.39, 0.29) is 0 Å². The van der Waals surface area contributed by atoms with E-state index < -0.39 is 16.5 Å². The van der Waals surface area contributed by atoms with Crippen LogP contribution >= 0.6 is 18.8 Å². The second-order valence-corrected chi connectivity index (χ2v) is 7.37. The van der Waals surface area contributed by atoms with Crippen molar-refractivity contribution < 1.29 is 16.5 Å². The number of nitrogens with zero attached hydrogens (tertiary/aromatic N) is 2. The Labute approximate surface area is 140 Å². The molecule has 0 fully saturated rings. The van der Waals surface area contributed by atoms with Crippen molar-refractivity contribution >= 4 is 41.5 Å². The first-order valence-corrected chi connectivity index (χ1v) is 11.4. The summed E-state index contributed by atoms with van der Waals surface area (Å²) in [7, 11) is 9.79. The third kappa shape index (κ3) is 4.71. The first-order valence-electron chi connectivity index (χ1n) is 6.26. The molecule has 2 aromatic carbocycles. The van der Waals surface area contributed by atoms with Gasteiger partial charge in [0.25, 0.3) is 0 Å². The van der Waals surface area contributed by atoms with Crippen molar-refractivity contribution in [1.29, 1.82) is 0 Å². The van der Waals surface area contributed by atoms with Crippen molar-refractivity contribution in [2.45, 2.75) is 6.92 Å². The van der Waals surface area contributed by atoms with E-state index in [9.17, 15) is 0 Å². The quantitative estimate of drug-likeness (QED) is 0.427. The number of benzene rings is 2. The summed E-state index contributed by atoms with van der Waals surface area (Å²) in [4.78, 5) is 8.89. The van der Waals surface area contributed by atoms with Crippen LogP contribution in [0, 0.1) is 6.92 Å². The number of aliphatic imine (C=N–C) groups is 1. The van der Waals surface area contributed by atoms with Crippen LogP contribution in [0.3, 0.4) is 0 Å². The number of rotatable bonds is 2. The molecule has 1 heterocycles. The molecular weight excluding hydrogens is 387 g/mol. The van der Waals surface area contributed by atoms with Crippen molar-refractivity contribution in [3.8, 4) is 0 Å². The van der Waals surface area contributed by atoms with Crippen molar-refractivity contribution in [1.82, 2.24) is 4.98 Å². The van der Waals surface area contributed by atoms with E-state index in [0.29, 0.717) is 0 Å². The van der Waals surface area contributed by atoms with E-state index in [1.165, 1.54) is 10.8 Å². The number of fused-ring (bicyclic) bond motifs is 1. The van der Waals surface area contributed by atoms with E-state index in [4.69, 9.17) is 18.8 Å². The summed E-state index contributed by atoms with van der Waals surface area (Å²) >= 11 is -0.586. The molecule has 0 saturated carbocycles. The second-order valence-electron chi connectivity index (χ2n) is 4.33. The molecule has 0 N–H and O–H groups in total. The predicted octanol–water partition coefficient (Wildman–Crippen LogP) is 5.23. The summed E-state index contributed by atoms with van der Waals surface area (Å²) in [5.74, 6) is 0. The van der Waals surface area contributed by atoms with Gasteiger partial charge in [-0.15, -0.1) is 5.69 Å². The number of halogens is 2. The number of hydrogen-bond acceptors (Lipinski definition) is 1. The Hall–Kier alpha value is -1.08. The van der Waals surface area contributed by atoms with E-state index >= 15 is 0 Å².